The van der Waals surface area contributed by atoms with Gasteiger partial charge in [-0.1, -0.05) is 44.2 Å². The Hall–Kier alpha value is -1.61. The van der Waals surface area contributed by atoms with Crippen LogP contribution in [0.2, 0.25) is 0 Å². The van der Waals surface area contributed by atoms with Crippen LogP contribution < -0.4 is 0 Å². The van der Waals surface area contributed by atoms with Crippen LogP contribution in [-0.4, -0.2) is 63.7 Å². The van der Waals surface area contributed by atoms with Crippen LogP contribution in [0.5, 0.6) is 0 Å². The Labute approximate surface area is 262 Å². The summed E-state index contributed by atoms with van der Waals surface area (Å²) in [5.74, 6) is -0.654. The average Bonchev–Trinajstić information content (AvgIpc) is 3.58. The van der Waals surface area contributed by atoms with Gasteiger partial charge in [0.1, 0.15) is 6.79 Å². The number of benzene rings is 1. The molecule has 0 bridgehead atoms. The van der Waals surface area contributed by atoms with Gasteiger partial charge < -0.3 is 29.2 Å². The Morgan fingerprint density at radius 3 is 2.43 bits per heavy atom. The first kappa shape index (κ1) is 31.0. The summed E-state index contributed by atoms with van der Waals surface area (Å²) >= 11 is 0. The zero-order chi connectivity index (χ0) is 31.3. The molecule has 2 heterocycles. The molecule has 0 spiro atoms. The van der Waals surface area contributed by atoms with Crippen LogP contribution in [0.15, 0.2) is 42.0 Å². The molecular formula is C37H52O7. The minimum Gasteiger partial charge on any atom is -0.390 e. The summed E-state index contributed by atoms with van der Waals surface area (Å²) in [6, 6.07) is 10.3. The van der Waals surface area contributed by atoms with Gasteiger partial charge >= 0.3 is 0 Å². The fourth-order valence-corrected chi connectivity index (χ4v) is 11.0. The summed E-state index contributed by atoms with van der Waals surface area (Å²) < 4.78 is 25.8. The molecule has 6 aliphatic rings. The van der Waals surface area contributed by atoms with Gasteiger partial charge in [0.15, 0.2) is 11.6 Å². The van der Waals surface area contributed by atoms with Crippen molar-refractivity contribution < 1.29 is 34.0 Å². The van der Waals surface area contributed by atoms with Crippen LogP contribution in [0, 0.1) is 28.6 Å². The van der Waals surface area contributed by atoms with E-state index in [1.807, 2.05) is 45.0 Å². The molecule has 2 N–H and O–H groups in total. The molecule has 7 heteroatoms. The molecule has 11 atom stereocenters. The Balaban J connectivity index is 1.22. The molecule has 242 valence electrons. The van der Waals surface area contributed by atoms with Gasteiger partial charge in [-0.15, -0.1) is 0 Å². The highest BCUT2D eigenvalue weighted by Crippen LogP contribution is 2.70. The minimum absolute atomic E-state index is 0.00851. The highest BCUT2D eigenvalue weighted by atomic mass is 16.8. The summed E-state index contributed by atoms with van der Waals surface area (Å²) in [6.07, 6.45) is 8.11. The first-order valence-corrected chi connectivity index (χ1v) is 17.0. The minimum atomic E-state index is -1.10. The van der Waals surface area contributed by atoms with Gasteiger partial charge in [0, 0.05) is 17.8 Å². The van der Waals surface area contributed by atoms with Crippen molar-refractivity contribution in [1.82, 2.24) is 0 Å². The highest BCUT2D eigenvalue weighted by molar-refractivity contribution is 5.95. The van der Waals surface area contributed by atoms with Gasteiger partial charge in [-0.25, -0.2) is 0 Å². The maximum absolute atomic E-state index is 13.9. The number of carbonyl (C=O) groups excluding carboxylic acids is 1. The molecule has 0 aromatic heterocycles. The lowest BCUT2D eigenvalue weighted by Crippen LogP contribution is -2.62. The summed E-state index contributed by atoms with van der Waals surface area (Å²) in [4.78, 5) is 13.9. The van der Waals surface area contributed by atoms with E-state index in [-0.39, 0.29) is 47.3 Å². The van der Waals surface area contributed by atoms with Crippen molar-refractivity contribution in [3.63, 3.8) is 0 Å². The topological polar surface area (TPSA) is 94.5 Å². The fraction of sp³-hybridized carbons (Fsp3) is 0.757. The van der Waals surface area contributed by atoms with E-state index in [4.69, 9.17) is 18.9 Å². The van der Waals surface area contributed by atoms with Gasteiger partial charge in [-0.3, -0.25) is 4.79 Å². The van der Waals surface area contributed by atoms with Crippen LogP contribution in [0.25, 0.3) is 0 Å². The molecule has 44 heavy (non-hydrogen) atoms. The van der Waals surface area contributed by atoms with Crippen molar-refractivity contribution in [2.45, 2.75) is 140 Å². The standard InChI is InChI=1S/C37H52O7/c1-32(2,39)15-14-31-36(6,44-35(5,43-31)20-23-10-8-7-9-11-23)30-13-17-37(40)25-18-27(38)26-19-28-29(42-22-41-28)21-33(26,3)24(25)12-16-34(30,37)4/h7-11,18,24,26,28-31,39-40H,12-17,19-22H2,1-6H3/t24-,26-,28+,29-,30-,31+,33+,34+,35+,36+,37+/m0/s1. The van der Waals surface area contributed by atoms with Gasteiger partial charge in [0.2, 0.25) is 0 Å². The smallest absolute Gasteiger partial charge is 0.170 e. The van der Waals surface area contributed by atoms with Crippen LogP contribution in [0.3, 0.4) is 0 Å². The molecule has 7 nitrogen and oxygen atoms in total. The van der Waals surface area contributed by atoms with E-state index in [0.717, 1.165) is 36.8 Å². The molecule has 5 fully saturated rings. The van der Waals surface area contributed by atoms with Crippen molar-refractivity contribution in [3.8, 4) is 0 Å². The molecule has 1 aromatic rings. The van der Waals surface area contributed by atoms with Crippen molar-refractivity contribution in [1.29, 1.82) is 0 Å². The number of ether oxygens (including phenoxy) is 4. The number of ketones is 1. The van der Waals surface area contributed by atoms with Gasteiger partial charge in [0.25, 0.3) is 0 Å². The maximum atomic E-state index is 13.9. The lowest BCUT2D eigenvalue weighted by atomic mass is 9.45. The lowest BCUT2D eigenvalue weighted by molar-refractivity contribution is -0.199. The molecule has 0 unspecified atom stereocenters. The maximum Gasteiger partial charge on any atom is 0.170 e. The molecule has 1 aromatic carbocycles. The molecule has 2 saturated heterocycles. The predicted molar refractivity (Wildman–Crippen MR) is 165 cm³/mol. The first-order valence-electron chi connectivity index (χ1n) is 17.0. The van der Waals surface area contributed by atoms with E-state index in [0.29, 0.717) is 38.9 Å². The Morgan fingerprint density at radius 2 is 1.70 bits per heavy atom. The Kier molecular flexibility index (Phi) is 7.18. The number of fused-ring (bicyclic) bond motifs is 6. The third kappa shape index (κ3) is 4.63. The van der Waals surface area contributed by atoms with E-state index >= 15 is 0 Å². The predicted octanol–water partition coefficient (Wildman–Crippen LogP) is 5.89. The Bertz CT molecular complexity index is 1320. The van der Waals surface area contributed by atoms with Gasteiger partial charge in [-0.2, -0.15) is 0 Å². The number of hydrogen-bond acceptors (Lipinski definition) is 7. The third-order valence-electron chi connectivity index (χ3n) is 13.2. The normalized spacial score (nSPS) is 48.4. The number of aliphatic hydroxyl groups is 2. The van der Waals surface area contributed by atoms with Crippen molar-refractivity contribution in [2.24, 2.45) is 28.6 Å². The van der Waals surface area contributed by atoms with Crippen LogP contribution in [0.1, 0.15) is 98.5 Å². The number of rotatable bonds is 6. The molecule has 0 radical (unpaired) electrons. The van der Waals surface area contributed by atoms with E-state index < -0.39 is 28.0 Å². The second kappa shape index (κ2) is 10.2. The summed E-state index contributed by atoms with van der Waals surface area (Å²) in [5, 5.41) is 23.6. The fourth-order valence-electron chi connectivity index (χ4n) is 11.0. The molecule has 4 aliphatic carbocycles. The number of hydrogen-bond donors (Lipinski definition) is 2. The van der Waals surface area contributed by atoms with E-state index in [2.05, 4.69) is 32.9 Å². The summed E-state index contributed by atoms with van der Waals surface area (Å²) in [6.45, 7) is 12.7. The second-order valence-electron chi connectivity index (χ2n) is 16.5. The van der Waals surface area contributed by atoms with Gasteiger partial charge in [0.05, 0.1) is 35.1 Å². The van der Waals surface area contributed by atoms with Gasteiger partial charge in [-0.05, 0) is 114 Å². The highest BCUT2D eigenvalue weighted by Gasteiger charge is 2.71. The third-order valence-corrected chi connectivity index (χ3v) is 13.2. The molecule has 7 rings (SSSR count). The number of carbonyl (C=O) groups is 1. The first-order chi connectivity index (χ1) is 20.6. The molecular weight excluding hydrogens is 556 g/mol. The zero-order valence-electron chi connectivity index (χ0n) is 27.4. The summed E-state index contributed by atoms with van der Waals surface area (Å²) in [5.41, 5.74) is -1.27. The van der Waals surface area contributed by atoms with Crippen molar-refractivity contribution in [2.75, 3.05) is 6.79 Å². The monoisotopic (exact) mass is 608 g/mol. The largest absolute Gasteiger partial charge is 0.390 e. The van der Waals surface area contributed by atoms with Crippen LogP contribution in [-0.2, 0) is 30.2 Å². The van der Waals surface area contributed by atoms with E-state index in [1.54, 1.807) is 0 Å². The Morgan fingerprint density at radius 1 is 0.977 bits per heavy atom. The van der Waals surface area contributed by atoms with Crippen molar-refractivity contribution >= 4 is 5.78 Å². The van der Waals surface area contributed by atoms with E-state index in [1.165, 1.54) is 0 Å². The van der Waals surface area contributed by atoms with Crippen LogP contribution in [0.4, 0.5) is 0 Å². The quantitative estimate of drug-likeness (QED) is 0.416. The van der Waals surface area contributed by atoms with Crippen LogP contribution >= 0.6 is 0 Å². The molecule has 3 saturated carbocycles. The molecule has 2 aliphatic heterocycles. The number of allylic oxidation sites excluding steroid dienone is 1. The second-order valence-corrected chi connectivity index (χ2v) is 16.5. The lowest BCUT2D eigenvalue weighted by Gasteiger charge is -2.60. The van der Waals surface area contributed by atoms with E-state index in [9.17, 15) is 15.0 Å². The zero-order valence-corrected chi connectivity index (χ0v) is 27.4. The van der Waals surface area contributed by atoms with Crippen molar-refractivity contribution in [3.05, 3.63) is 47.5 Å². The average molecular weight is 609 g/mol. The summed E-state index contributed by atoms with van der Waals surface area (Å²) in [7, 11) is 0. The molecule has 0 amide bonds. The SMILES string of the molecule is CC(C)(O)CC[C@H]1O[C@@](C)(Cc2ccccc2)O[C@]1(C)[C@H]1CC[C@@]2(O)C3=CC(=O)[C@@H]4C[C@H]5OCO[C@H]5C[C@]4(C)[C@H]3CC[C@]12C.